The molecular weight excluding hydrogens is 254 g/mol. The summed E-state index contributed by atoms with van der Waals surface area (Å²) in [4.78, 5) is 13.5. The first-order valence-corrected chi connectivity index (χ1v) is 6.96. The number of nitrogens with one attached hydrogen (secondary N) is 1. The summed E-state index contributed by atoms with van der Waals surface area (Å²) < 4.78 is 5.13. The Morgan fingerprint density at radius 1 is 1.40 bits per heavy atom. The number of ether oxygens (including phenoxy) is 1. The molecule has 0 heterocycles. The lowest BCUT2D eigenvalue weighted by atomic mass is 10.1. The van der Waals surface area contributed by atoms with E-state index < -0.39 is 0 Å². The van der Waals surface area contributed by atoms with Gasteiger partial charge in [0.15, 0.2) is 0 Å². The van der Waals surface area contributed by atoms with Crippen LogP contribution in [-0.2, 0) is 4.79 Å². The molecule has 0 saturated carbocycles. The standard InChI is InChI=1S/C15H25N3O2/c1-4-10-17-14(15(16)19)9-11-18(2)12-5-7-13(20-3)8-6-12/h5-8,14,17H,4,9-11H2,1-3H3,(H2,16,19). The minimum absolute atomic E-state index is 0.268. The molecule has 5 nitrogen and oxygen atoms in total. The van der Waals surface area contributed by atoms with Gasteiger partial charge in [0.05, 0.1) is 13.2 Å². The highest BCUT2D eigenvalue weighted by atomic mass is 16.5. The maximum atomic E-state index is 11.4. The topological polar surface area (TPSA) is 67.6 Å². The summed E-state index contributed by atoms with van der Waals surface area (Å²) in [5.41, 5.74) is 6.49. The lowest BCUT2D eigenvalue weighted by molar-refractivity contribution is -0.120. The number of rotatable bonds is 9. The van der Waals surface area contributed by atoms with Gasteiger partial charge in [0.1, 0.15) is 5.75 Å². The molecule has 112 valence electrons. The molecule has 0 radical (unpaired) electrons. The number of hydrogen-bond acceptors (Lipinski definition) is 4. The first kappa shape index (κ1) is 16.3. The molecule has 1 aromatic rings. The monoisotopic (exact) mass is 279 g/mol. The third kappa shape index (κ3) is 5.09. The number of benzene rings is 1. The summed E-state index contributed by atoms with van der Waals surface area (Å²) in [6, 6.07) is 7.57. The molecule has 3 N–H and O–H groups in total. The highest BCUT2D eigenvalue weighted by Crippen LogP contribution is 2.18. The van der Waals surface area contributed by atoms with Crippen LogP contribution in [-0.4, -0.2) is 39.2 Å². The number of primary amides is 1. The van der Waals surface area contributed by atoms with E-state index in [1.165, 1.54) is 0 Å². The molecule has 0 aromatic heterocycles. The van der Waals surface area contributed by atoms with Gasteiger partial charge in [-0.1, -0.05) is 6.92 Å². The summed E-state index contributed by atoms with van der Waals surface area (Å²) in [5.74, 6) is 0.545. The third-order valence-corrected chi connectivity index (χ3v) is 3.25. The Bertz CT molecular complexity index is 406. The molecule has 0 spiro atoms. The van der Waals surface area contributed by atoms with Crippen molar-refractivity contribution in [3.05, 3.63) is 24.3 Å². The van der Waals surface area contributed by atoms with Crippen LogP contribution in [0.3, 0.4) is 0 Å². The third-order valence-electron chi connectivity index (χ3n) is 3.25. The molecule has 0 fully saturated rings. The molecule has 1 rings (SSSR count). The molecule has 1 amide bonds. The SMILES string of the molecule is CCCNC(CCN(C)c1ccc(OC)cc1)C(N)=O. The molecule has 0 aliphatic rings. The lowest BCUT2D eigenvalue weighted by Crippen LogP contribution is -2.43. The van der Waals surface area contributed by atoms with E-state index >= 15 is 0 Å². The predicted molar refractivity (Wildman–Crippen MR) is 82.2 cm³/mol. The number of methoxy groups -OCH3 is 1. The highest BCUT2D eigenvalue weighted by molar-refractivity contribution is 5.79. The number of carbonyl (C=O) groups is 1. The van der Waals surface area contributed by atoms with E-state index in [0.717, 1.165) is 30.9 Å². The Hall–Kier alpha value is -1.75. The quantitative estimate of drug-likeness (QED) is 0.716. The lowest BCUT2D eigenvalue weighted by Gasteiger charge is -2.22. The Morgan fingerprint density at radius 3 is 2.55 bits per heavy atom. The summed E-state index contributed by atoms with van der Waals surface area (Å²) in [6.07, 6.45) is 1.68. The molecule has 1 atom stereocenters. The number of carbonyl (C=O) groups excluding carboxylic acids is 1. The van der Waals surface area contributed by atoms with Gasteiger partial charge in [0.25, 0.3) is 0 Å². The molecule has 0 aliphatic carbocycles. The smallest absolute Gasteiger partial charge is 0.234 e. The Labute approximate surface area is 121 Å². The zero-order valence-corrected chi connectivity index (χ0v) is 12.6. The van der Waals surface area contributed by atoms with E-state index in [1.54, 1.807) is 7.11 Å². The van der Waals surface area contributed by atoms with Crippen molar-refractivity contribution in [2.24, 2.45) is 5.73 Å². The number of amides is 1. The molecule has 5 heteroatoms. The maximum absolute atomic E-state index is 11.4. The summed E-state index contributed by atoms with van der Waals surface area (Å²) in [7, 11) is 3.65. The fourth-order valence-corrected chi connectivity index (χ4v) is 1.95. The van der Waals surface area contributed by atoms with Gasteiger partial charge in [-0.3, -0.25) is 4.79 Å². The van der Waals surface area contributed by atoms with Crippen LogP contribution in [0.1, 0.15) is 19.8 Å². The van der Waals surface area contributed by atoms with E-state index in [0.29, 0.717) is 6.42 Å². The average molecular weight is 279 g/mol. The van der Waals surface area contributed by atoms with Crippen LogP contribution < -0.4 is 20.7 Å². The fraction of sp³-hybridized carbons (Fsp3) is 0.533. The van der Waals surface area contributed by atoms with Crippen LogP contribution in [0.2, 0.25) is 0 Å². The van der Waals surface area contributed by atoms with Crippen molar-refractivity contribution < 1.29 is 9.53 Å². The van der Waals surface area contributed by atoms with Gasteiger partial charge in [0, 0.05) is 19.3 Å². The van der Waals surface area contributed by atoms with E-state index in [-0.39, 0.29) is 11.9 Å². The van der Waals surface area contributed by atoms with Crippen molar-refractivity contribution in [3.63, 3.8) is 0 Å². The molecule has 0 bridgehead atoms. The van der Waals surface area contributed by atoms with Crippen molar-refractivity contribution >= 4 is 11.6 Å². The van der Waals surface area contributed by atoms with Crippen molar-refractivity contribution in [1.82, 2.24) is 5.32 Å². The van der Waals surface area contributed by atoms with Crippen LogP contribution in [0, 0.1) is 0 Å². The Kier molecular flexibility index (Phi) is 6.87. The number of hydrogen-bond donors (Lipinski definition) is 2. The van der Waals surface area contributed by atoms with Crippen molar-refractivity contribution in [1.29, 1.82) is 0 Å². The summed E-state index contributed by atoms with van der Waals surface area (Å²) in [5, 5.41) is 3.17. The Balaban J connectivity index is 2.51. The van der Waals surface area contributed by atoms with Crippen molar-refractivity contribution in [2.45, 2.75) is 25.8 Å². The van der Waals surface area contributed by atoms with E-state index in [1.807, 2.05) is 31.3 Å². The second kappa shape index (κ2) is 8.43. The van der Waals surface area contributed by atoms with Gasteiger partial charge in [-0.25, -0.2) is 0 Å². The van der Waals surface area contributed by atoms with Crippen molar-refractivity contribution in [3.8, 4) is 5.75 Å². The van der Waals surface area contributed by atoms with Gasteiger partial charge in [0.2, 0.25) is 5.91 Å². The zero-order valence-electron chi connectivity index (χ0n) is 12.6. The van der Waals surface area contributed by atoms with Crippen LogP contribution in [0.25, 0.3) is 0 Å². The summed E-state index contributed by atoms with van der Waals surface area (Å²) >= 11 is 0. The fourth-order valence-electron chi connectivity index (χ4n) is 1.95. The van der Waals surface area contributed by atoms with Gasteiger partial charge in [-0.15, -0.1) is 0 Å². The van der Waals surface area contributed by atoms with E-state index in [4.69, 9.17) is 10.5 Å². The first-order valence-electron chi connectivity index (χ1n) is 6.96. The highest BCUT2D eigenvalue weighted by Gasteiger charge is 2.14. The van der Waals surface area contributed by atoms with Gasteiger partial charge < -0.3 is 20.7 Å². The maximum Gasteiger partial charge on any atom is 0.234 e. The van der Waals surface area contributed by atoms with E-state index in [2.05, 4.69) is 17.1 Å². The van der Waals surface area contributed by atoms with E-state index in [9.17, 15) is 4.79 Å². The number of anilines is 1. The molecule has 0 aliphatic heterocycles. The number of nitrogens with zero attached hydrogens (tertiary/aromatic N) is 1. The molecule has 1 aromatic carbocycles. The number of nitrogens with two attached hydrogens (primary N) is 1. The first-order chi connectivity index (χ1) is 9.58. The largest absolute Gasteiger partial charge is 0.497 e. The molecular formula is C15H25N3O2. The van der Waals surface area contributed by atoms with Gasteiger partial charge >= 0.3 is 0 Å². The van der Waals surface area contributed by atoms with Crippen LogP contribution in [0.5, 0.6) is 5.75 Å². The second-order valence-corrected chi connectivity index (χ2v) is 4.82. The van der Waals surface area contributed by atoms with Gasteiger partial charge in [-0.2, -0.15) is 0 Å². The van der Waals surface area contributed by atoms with Gasteiger partial charge in [-0.05, 0) is 43.7 Å². The normalized spacial score (nSPS) is 11.9. The minimum Gasteiger partial charge on any atom is -0.497 e. The Morgan fingerprint density at radius 2 is 2.05 bits per heavy atom. The predicted octanol–water partition coefficient (Wildman–Crippen LogP) is 1.38. The van der Waals surface area contributed by atoms with Crippen molar-refractivity contribution in [2.75, 3.05) is 32.1 Å². The van der Waals surface area contributed by atoms with Crippen LogP contribution in [0.15, 0.2) is 24.3 Å². The average Bonchev–Trinajstić information content (AvgIpc) is 2.46. The molecule has 0 saturated heterocycles. The zero-order chi connectivity index (χ0) is 15.0. The van der Waals surface area contributed by atoms with Crippen LogP contribution >= 0.6 is 0 Å². The second-order valence-electron chi connectivity index (χ2n) is 4.82. The van der Waals surface area contributed by atoms with Crippen LogP contribution in [0.4, 0.5) is 5.69 Å². The summed E-state index contributed by atoms with van der Waals surface area (Å²) in [6.45, 7) is 3.63. The minimum atomic E-state index is -0.290. The molecule has 1 unspecified atom stereocenters. The molecule has 20 heavy (non-hydrogen) atoms.